The second kappa shape index (κ2) is 8.07. The van der Waals surface area contributed by atoms with E-state index in [2.05, 4.69) is 0 Å². The van der Waals surface area contributed by atoms with Crippen LogP contribution in [0.15, 0.2) is 77.7 Å². The summed E-state index contributed by atoms with van der Waals surface area (Å²) in [5, 5.41) is 0. The van der Waals surface area contributed by atoms with E-state index >= 15 is 0 Å². The first-order chi connectivity index (χ1) is 14.8. The zero-order valence-corrected chi connectivity index (χ0v) is 18.5. The van der Waals surface area contributed by atoms with Crippen LogP contribution in [0.3, 0.4) is 0 Å². The van der Waals surface area contributed by atoms with Gasteiger partial charge in [0.2, 0.25) is 0 Å². The monoisotopic (exact) mass is 436 g/mol. The smallest absolute Gasteiger partial charge is 0.264 e. The molecule has 4 rings (SSSR count). The fourth-order valence-corrected chi connectivity index (χ4v) is 5.07. The van der Waals surface area contributed by atoms with Crippen LogP contribution >= 0.6 is 0 Å². The Hall–Kier alpha value is -3.32. The summed E-state index contributed by atoms with van der Waals surface area (Å²) in [6, 6.07) is 20.9. The van der Waals surface area contributed by atoms with Gasteiger partial charge in [-0.05, 0) is 73.5 Å². The molecule has 0 N–H and O–H groups in total. The van der Waals surface area contributed by atoms with E-state index in [0.29, 0.717) is 17.0 Å². The molecule has 0 fully saturated rings. The van der Waals surface area contributed by atoms with E-state index in [-0.39, 0.29) is 16.8 Å². The van der Waals surface area contributed by atoms with Gasteiger partial charge in [0.1, 0.15) is 5.75 Å². The van der Waals surface area contributed by atoms with Crippen LogP contribution in [0.1, 0.15) is 22.8 Å². The van der Waals surface area contributed by atoms with Crippen molar-refractivity contribution < 1.29 is 17.9 Å². The van der Waals surface area contributed by atoms with Crippen LogP contribution in [-0.2, 0) is 16.4 Å². The molecule has 31 heavy (non-hydrogen) atoms. The SMILES string of the molecule is COc1ccc(S(=O)(=O)N(C)c2ccc(C(=O)N3c4ccccc4CC3C)cc2)cc1. The summed E-state index contributed by atoms with van der Waals surface area (Å²) in [7, 11) is -0.709. The number of hydrogen-bond donors (Lipinski definition) is 0. The first-order valence-corrected chi connectivity index (χ1v) is 11.4. The lowest BCUT2D eigenvalue weighted by Gasteiger charge is -2.23. The van der Waals surface area contributed by atoms with Gasteiger partial charge in [-0.3, -0.25) is 9.10 Å². The number of carbonyl (C=O) groups is 1. The second-order valence-corrected chi connectivity index (χ2v) is 9.52. The Morgan fingerprint density at radius 2 is 1.65 bits per heavy atom. The quantitative estimate of drug-likeness (QED) is 0.604. The summed E-state index contributed by atoms with van der Waals surface area (Å²) in [4.78, 5) is 15.1. The molecule has 1 heterocycles. The van der Waals surface area contributed by atoms with Gasteiger partial charge in [0.05, 0.1) is 17.7 Å². The van der Waals surface area contributed by atoms with Crippen molar-refractivity contribution in [3.05, 3.63) is 83.9 Å². The number of ether oxygens (including phenoxy) is 1. The fourth-order valence-electron chi connectivity index (χ4n) is 3.87. The van der Waals surface area contributed by atoms with Crippen LogP contribution in [-0.4, -0.2) is 34.5 Å². The van der Waals surface area contributed by atoms with E-state index < -0.39 is 10.0 Å². The highest BCUT2D eigenvalue weighted by Gasteiger charge is 2.31. The maximum atomic E-state index is 13.2. The molecule has 1 unspecified atom stereocenters. The van der Waals surface area contributed by atoms with E-state index in [1.54, 1.807) is 36.4 Å². The van der Waals surface area contributed by atoms with E-state index in [0.717, 1.165) is 17.7 Å². The van der Waals surface area contributed by atoms with Gasteiger partial charge >= 0.3 is 0 Å². The number of benzene rings is 3. The molecular weight excluding hydrogens is 412 g/mol. The first-order valence-electron chi connectivity index (χ1n) is 9.97. The Kier molecular flexibility index (Phi) is 5.45. The van der Waals surface area contributed by atoms with Crippen LogP contribution in [0.4, 0.5) is 11.4 Å². The molecule has 0 bridgehead atoms. The molecule has 3 aromatic carbocycles. The number of anilines is 2. The van der Waals surface area contributed by atoms with Gasteiger partial charge in [-0.2, -0.15) is 0 Å². The van der Waals surface area contributed by atoms with Gasteiger partial charge in [0, 0.05) is 24.3 Å². The van der Waals surface area contributed by atoms with Crippen LogP contribution in [0, 0.1) is 0 Å². The van der Waals surface area contributed by atoms with Crippen molar-refractivity contribution in [1.82, 2.24) is 0 Å². The lowest BCUT2D eigenvalue weighted by atomic mass is 10.1. The number of rotatable bonds is 5. The Bertz CT molecular complexity index is 1210. The number of hydrogen-bond acceptors (Lipinski definition) is 4. The minimum absolute atomic E-state index is 0.0719. The summed E-state index contributed by atoms with van der Waals surface area (Å²) < 4.78 is 32.2. The predicted octanol–water partition coefficient (Wildman–Crippen LogP) is 4.11. The van der Waals surface area contributed by atoms with Crippen LogP contribution in [0.25, 0.3) is 0 Å². The maximum absolute atomic E-state index is 13.2. The van der Waals surface area contributed by atoms with Crippen LogP contribution in [0.2, 0.25) is 0 Å². The second-order valence-electron chi connectivity index (χ2n) is 7.55. The van der Waals surface area contributed by atoms with Crippen molar-refractivity contribution in [1.29, 1.82) is 0 Å². The molecule has 1 aliphatic heterocycles. The molecule has 0 aromatic heterocycles. The number of para-hydroxylation sites is 1. The summed E-state index contributed by atoms with van der Waals surface area (Å²) >= 11 is 0. The third kappa shape index (κ3) is 3.77. The average molecular weight is 437 g/mol. The van der Waals surface area contributed by atoms with Crippen molar-refractivity contribution in [2.45, 2.75) is 24.3 Å². The lowest BCUT2D eigenvalue weighted by Crippen LogP contribution is -2.35. The van der Waals surface area contributed by atoms with Crippen LogP contribution in [0.5, 0.6) is 5.75 Å². The van der Waals surface area contributed by atoms with E-state index in [4.69, 9.17) is 4.74 Å². The highest BCUT2D eigenvalue weighted by atomic mass is 32.2. The molecule has 1 aliphatic rings. The van der Waals surface area contributed by atoms with Crippen molar-refractivity contribution in [2.75, 3.05) is 23.4 Å². The highest BCUT2D eigenvalue weighted by Crippen LogP contribution is 2.33. The summed E-state index contributed by atoms with van der Waals surface area (Å²) in [5.41, 5.74) is 3.08. The minimum Gasteiger partial charge on any atom is -0.497 e. The molecule has 0 radical (unpaired) electrons. The van der Waals surface area contributed by atoms with Gasteiger partial charge < -0.3 is 9.64 Å². The van der Waals surface area contributed by atoms with Gasteiger partial charge in [0.25, 0.3) is 15.9 Å². The Morgan fingerprint density at radius 1 is 1.00 bits per heavy atom. The zero-order chi connectivity index (χ0) is 22.2. The Morgan fingerprint density at radius 3 is 2.29 bits per heavy atom. The molecule has 3 aromatic rings. The zero-order valence-electron chi connectivity index (χ0n) is 17.6. The Labute approximate surface area is 182 Å². The molecule has 0 saturated heterocycles. The molecule has 7 heteroatoms. The molecular formula is C24H24N2O4S. The molecule has 0 saturated carbocycles. The molecule has 6 nitrogen and oxygen atoms in total. The predicted molar refractivity (Wildman–Crippen MR) is 121 cm³/mol. The molecule has 0 spiro atoms. The Balaban J connectivity index is 1.57. The maximum Gasteiger partial charge on any atom is 0.264 e. The number of nitrogens with zero attached hydrogens (tertiary/aromatic N) is 2. The highest BCUT2D eigenvalue weighted by molar-refractivity contribution is 7.92. The number of sulfonamides is 1. The van der Waals surface area contributed by atoms with Crippen molar-refractivity contribution in [3.63, 3.8) is 0 Å². The van der Waals surface area contributed by atoms with Crippen LogP contribution < -0.4 is 13.9 Å². The number of methoxy groups -OCH3 is 1. The first kappa shape index (κ1) is 20.9. The van der Waals surface area contributed by atoms with Gasteiger partial charge in [0.15, 0.2) is 0 Å². The largest absolute Gasteiger partial charge is 0.497 e. The van der Waals surface area contributed by atoms with Gasteiger partial charge in [-0.25, -0.2) is 8.42 Å². The average Bonchev–Trinajstić information content (AvgIpc) is 3.13. The summed E-state index contributed by atoms with van der Waals surface area (Å²) in [5.74, 6) is 0.492. The van der Waals surface area contributed by atoms with E-state index in [1.165, 1.54) is 30.6 Å². The normalized spacial score (nSPS) is 15.5. The third-order valence-electron chi connectivity index (χ3n) is 5.62. The minimum atomic E-state index is -3.73. The third-order valence-corrected chi connectivity index (χ3v) is 7.42. The molecule has 1 atom stereocenters. The molecule has 160 valence electrons. The van der Waals surface area contributed by atoms with Crippen molar-refractivity contribution in [3.8, 4) is 5.75 Å². The van der Waals surface area contributed by atoms with E-state index in [1.807, 2.05) is 36.1 Å². The number of carbonyl (C=O) groups excluding carboxylic acids is 1. The number of amides is 1. The van der Waals surface area contributed by atoms with E-state index in [9.17, 15) is 13.2 Å². The summed E-state index contributed by atoms with van der Waals surface area (Å²) in [6.07, 6.45) is 0.822. The topological polar surface area (TPSA) is 66.9 Å². The van der Waals surface area contributed by atoms with Crippen molar-refractivity contribution in [2.24, 2.45) is 0 Å². The lowest BCUT2D eigenvalue weighted by molar-refractivity contribution is 0.0981. The fraction of sp³-hybridized carbons (Fsp3) is 0.208. The molecule has 0 aliphatic carbocycles. The molecule has 1 amide bonds. The number of fused-ring (bicyclic) bond motifs is 1. The van der Waals surface area contributed by atoms with Crippen molar-refractivity contribution >= 4 is 27.3 Å². The van der Waals surface area contributed by atoms with Gasteiger partial charge in [-0.15, -0.1) is 0 Å². The standard InChI is InChI=1S/C24H24N2O4S/c1-17-16-19-6-4-5-7-23(19)26(17)24(27)18-8-10-20(11-9-18)25(2)31(28,29)22-14-12-21(30-3)13-15-22/h4-15,17H,16H2,1-3H3. The summed E-state index contributed by atoms with van der Waals surface area (Å²) in [6.45, 7) is 2.03. The van der Waals surface area contributed by atoms with Gasteiger partial charge in [-0.1, -0.05) is 18.2 Å².